The monoisotopic (exact) mass is 488 g/mol. The van der Waals surface area contributed by atoms with Gasteiger partial charge >= 0.3 is 0 Å². The molecule has 36 heavy (non-hydrogen) atoms. The van der Waals surface area contributed by atoms with Crippen molar-refractivity contribution in [1.29, 1.82) is 0 Å². The lowest BCUT2D eigenvalue weighted by Crippen LogP contribution is -2.16. The maximum Gasteiger partial charge on any atom is 0.283 e. The lowest BCUT2D eigenvalue weighted by molar-refractivity contribution is 0.819. The highest BCUT2D eigenvalue weighted by Crippen LogP contribution is 2.30. The third-order valence-corrected chi connectivity index (χ3v) is 6.75. The number of thiophene rings is 1. The van der Waals surface area contributed by atoms with Gasteiger partial charge < -0.3 is 0 Å². The van der Waals surface area contributed by atoms with E-state index in [-0.39, 0.29) is 5.56 Å². The van der Waals surface area contributed by atoms with E-state index in [0.29, 0.717) is 15.9 Å². The molecule has 0 N–H and O–H groups in total. The molecule has 0 radical (unpaired) electrons. The van der Waals surface area contributed by atoms with E-state index in [2.05, 4.69) is 15.1 Å². The molecule has 0 bridgehead atoms. The number of rotatable bonds is 5. The molecule has 4 aromatic heterocycles. The largest absolute Gasteiger partial charge is 0.283 e. The Balaban J connectivity index is 1.44. The minimum atomic E-state index is -0.216. The first-order valence-corrected chi connectivity index (χ1v) is 12.2. The molecule has 174 valence electrons. The Morgan fingerprint density at radius 2 is 1.81 bits per heavy atom. The zero-order chi connectivity index (χ0) is 24.5. The van der Waals surface area contributed by atoms with E-state index in [4.69, 9.17) is 5.10 Å². The second-order valence-corrected chi connectivity index (χ2v) is 9.15. The first kappa shape index (κ1) is 21.8. The number of benzene rings is 2. The van der Waals surface area contributed by atoms with Crippen molar-refractivity contribution in [3.8, 4) is 28.1 Å². The van der Waals surface area contributed by atoms with Crippen LogP contribution >= 0.6 is 11.3 Å². The molecule has 0 aliphatic carbocycles. The van der Waals surface area contributed by atoms with Crippen LogP contribution in [0.3, 0.4) is 0 Å². The fourth-order valence-electron chi connectivity index (χ4n) is 4.00. The Bertz CT molecular complexity index is 1750. The number of pyridine rings is 1. The molecule has 0 aliphatic heterocycles. The fraction of sp³-hybridized carbons (Fsp3) is 0.0357. The van der Waals surface area contributed by atoms with Crippen LogP contribution in [-0.4, -0.2) is 30.6 Å². The van der Waals surface area contributed by atoms with Crippen molar-refractivity contribution in [2.75, 3.05) is 0 Å². The Morgan fingerprint density at radius 3 is 2.58 bits per heavy atom. The molecule has 0 atom stereocenters. The molecule has 6 aromatic rings. The van der Waals surface area contributed by atoms with Crippen LogP contribution < -0.4 is 5.56 Å². The molecule has 0 fully saturated rings. The highest BCUT2D eigenvalue weighted by atomic mass is 32.1. The van der Waals surface area contributed by atoms with E-state index < -0.39 is 0 Å². The molecule has 0 aliphatic rings. The minimum Gasteiger partial charge on any atom is -0.267 e. The van der Waals surface area contributed by atoms with Crippen LogP contribution in [0, 0.1) is 6.92 Å². The van der Waals surface area contributed by atoms with Gasteiger partial charge in [0.2, 0.25) is 0 Å². The van der Waals surface area contributed by atoms with Crippen molar-refractivity contribution in [2.45, 2.75) is 6.92 Å². The van der Waals surface area contributed by atoms with Crippen LogP contribution in [0.2, 0.25) is 0 Å². The van der Waals surface area contributed by atoms with Crippen molar-refractivity contribution in [3.63, 3.8) is 0 Å². The third kappa shape index (κ3) is 4.03. The van der Waals surface area contributed by atoms with Gasteiger partial charge in [-0.1, -0.05) is 48.0 Å². The average molecular weight is 489 g/mol. The Hall–Kier alpha value is -4.69. The quantitative estimate of drug-likeness (QED) is 0.298. The number of aryl methyl sites for hydroxylation is 1. The molecule has 6 rings (SSSR count). The fourth-order valence-corrected chi connectivity index (χ4v) is 4.90. The predicted molar refractivity (Wildman–Crippen MR) is 144 cm³/mol. The number of fused-ring (bicyclic) bond motifs is 1. The van der Waals surface area contributed by atoms with Crippen LogP contribution in [0.15, 0.2) is 107 Å². The smallest absolute Gasteiger partial charge is 0.267 e. The predicted octanol–water partition coefficient (Wildman–Crippen LogP) is 5.56. The number of para-hydroxylation sites is 1. The van der Waals surface area contributed by atoms with Crippen molar-refractivity contribution in [3.05, 3.63) is 119 Å². The zero-order valence-corrected chi connectivity index (χ0v) is 20.1. The zero-order valence-electron chi connectivity index (χ0n) is 19.3. The Labute approximate surface area is 210 Å². The summed E-state index contributed by atoms with van der Waals surface area (Å²) >= 11 is 1.45. The molecule has 8 heteroatoms. The van der Waals surface area contributed by atoms with Gasteiger partial charge in [-0.25, -0.2) is 9.67 Å². The molecular weight excluding hydrogens is 468 g/mol. The van der Waals surface area contributed by atoms with Crippen LogP contribution in [0.5, 0.6) is 0 Å². The van der Waals surface area contributed by atoms with Gasteiger partial charge in [-0.15, -0.1) is 11.3 Å². The van der Waals surface area contributed by atoms with Crippen molar-refractivity contribution in [1.82, 2.24) is 24.4 Å². The van der Waals surface area contributed by atoms with Crippen molar-refractivity contribution in [2.24, 2.45) is 5.10 Å². The average Bonchev–Trinajstić information content (AvgIpc) is 3.55. The summed E-state index contributed by atoms with van der Waals surface area (Å²) in [6, 6.07) is 21.8. The summed E-state index contributed by atoms with van der Waals surface area (Å²) in [7, 11) is 0. The number of aromatic nitrogens is 5. The second-order valence-electron chi connectivity index (χ2n) is 8.29. The highest BCUT2D eigenvalue weighted by Gasteiger charge is 2.14. The van der Waals surface area contributed by atoms with Crippen LogP contribution in [0.4, 0.5) is 0 Å². The van der Waals surface area contributed by atoms with Crippen LogP contribution in [0.25, 0.3) is 38.3 Å². The second kappa shape index (κ2) is 9.16. The molecule has 0 saturated carbocycles. The third-order valence-electron chi connectivity index (χ3n) is 5.86. The van der Waals surface area contributed by atoms with Gasteiger partial charge in [-0.2, -0.15) is 14.9 Å². The van der Waals surface area contributed by atoms with E-state index in [0.717, 1.165) is 27.9 Å². The lowest BCUT2D eigenvalue weighted by atomic mass is 10.1. The molecule has 2 aromatic carbocycles. The molecule has 7 nitrogen and oxygen atoms in total. The van der Waals surface area contributed by atoms with E-state index in [1.165, 1.54) is 27.9 Å². The minimum absolute atomic E-state index is 0.216. The lowest BCUT2D eigenvalue weighted by Gasteiger charge is -2.02. The summed E-state index contributed by atoms with van der Waals surface area (Å²) in [5.74, 6) is 0. The first-order chi connectivity index (χ1) is 17.7. The van der Waals surface area contributed by atoms with Crippen LogP contribution in [-0.2, 0) is 0 Å². The SMILES string of the molecule is Cc1ccc(-c2csc3ncn(N=Cc4cn(-c5ccccc5)nc4-c4cccnc4)c(=O)c23)cc1. The van der Waals surface area contributed by atoms with E-state index >= 15 is 0 Å². The first-order valence-electron chi connectivity index (χ1n) is 11.3. The van der Waals surface area contributed by atoms with Crippen molar-refractivity contribution < 1.29 is 0 Å². The topological polar surface area (TPSA) is 78.0 Å². The van der Waals surface area contributed by atoms with Gasteiger partial charge in [0.1, 0.15) is 16.9 Å². The molecule has 0 spiro atoms. The Morgan fingerprint density at radius 1 is 0.972 bits per heavy atom. The standard InChI is InChI=1S/C28H20N6OS/c1-19-9-11-20(12-10-19)24-17-36-27-25(24)28(35)34(18-30-27)31-15-22-16-33(23-7-3-2-4-8-23)32-26(22)21-6-5-13-29-14-21/h2-18H,1H3. The van der Waals surface area contributed by atoms with Gasteiger partial charge in [0, 0.05) is 40.7 Å². The highest BCUT2D eigenvalue weighted by molar-refractivity contribution is 7.17. The van der Waals surface area contributed by atoms with E-state index in [9.17, 15) is 4.79 Å². The molecular formula is C28H20N6OS. The Kier molecular flexibility index (Phi) is 5.55. The van der Waals surface area contributed by atoms with E-state index in [1.54, 1.807) is 23.3 Å². The maximum absolute atomic E-state index is 13.4. The maximum atomic E-state index is 13.4. The molecule has 0 saturated heterocycles. The molecule has 4 heterocycles. The van der Waals surface area contributed by atoms with Crippen LogP contribution in [0.1, 0.15) is 11.1 Å². The normalized spacial score (nSPS) is 11.5. The van der Waals surface area contributed by atoms with Gasteiger partial charge in [-0.3, -0.25) is 9.78 Å². The van der Waals surface area contributed by atoms with Gasteiger partial charge in [0.15, 0.2) is 0 Å². The summed E-state index contributed by atoms with van der Waals surface area (Å²) in [6.07, 6.45) is 8.47. The van der Waals surface area contributed by atoms with Gasteiger partial charge in [-0.05, 0) is 36.8 Å². The summed E-state index contributed by atoms with van der Waals surface area (Å²) < 4.78 is 3.07. The summed E-state index contributed by atoms with van der Waals surface area (Å²) in [4.78, 5) is 22.8. The summed E-state index contributed by atoms with van der Waals surface area (Å²) in [6.45, 7) is 2.04. The summed E-state index contributed by atoms with van der Waals surface area (Å²) in [5, 5.41) is 11.8. The number of hydrogen-bond acceptors (Lipinski definition) is 6. The summed E-state index contributed by atoms with van der Waals surface area (Å²) in [5.41, 5.74) is 6.04. The van der Waals surface area contributed by atoms with Gasteiger partial charge in [0.05, 0.1) is 17.3 Å². The van der Waals surface area contributed by atoms with Gasteiger partial charge in [0.25, 0.3) is 5.56 Å². The van der Waals surface area contributed by atoms with E-state index in [1.807, 2.05) is 85.2 Å². The number of nitrogens with zero attached hydrogens (tertiary/aromatic N) is 6. The number of hydrogen-bond donors (Lipinski definition) is 0. The molecule has 0 unspecified atom stereocenters. The van der Waals surface area contributed by atoms with Crippen molar-refractivity contribution >= 4 is 27.8 Å². The molecule has 0 amide bonds.